The summed E-state index contributed by atoms with van der Waals surface area (Å²) in [5, 5.41) is 9.93. The fourth-order valence-corrected chi connectivity index (χ4v) is 3.73. The quantitative estimate of drug-likeness (QED) is 0.790. The maximum atomic E-state index is 12.4. The Balaban J connectivity index is 1.73. The van der Waals surface area contributed by atoms with Crippen LogP contribution < -0.4 is 0 Å². The molecule has 1 N–H and O–H groups in total. The number of likely N-dealkylation sites (tertiary alicyclic amines) is 1. The number of carboxylic acids is 1. The van der Waals surface area contributed by atoms with Crippen molar-refractivity contribution < 1.29 is 14.7 Å². The number of aliphatic carboxylic acids is 1. The molecular weight excluding hydrogens is 314 g/mol. The molecule has 0 unspecified atom stereocenters. The number of carboxylic acid groups (broad SMARTS) is 1. The Labute approximate surface area is 148 Å². The van der Waals surface area contributed by atoms with Gasteiger partial charge in [0.05, 0.1) is 5.92 Å². The van der Waals surface area contributed by atoms with Crippen LogP contribution in [0.2, 0.25) is 0 Å². The highest BCUT2D eigenvalue weighted by Gasteiger charge is 2.62. The van der Waals surface area contributed by atoms with Gasteiger partial charge in [0.1, 0.15) is 0 Å². The molecule has 2 atom stereocenters. The highest BCUT2D eigenvalue weighted by Crippen LogP contribution is 2.41. The number of carbonyl (C=O) groups excluding carboxylic acids is 1. The number of amides is 1. The van der Waals surface area contributed by atoms with Crippen LogP contribution in [-0.2, 0) is 22.4 Å². The largest absolute Gasteiger partial charge is 0.479 e. The molecule has 0 saturated carbocycles. The predicted molar refractivity (Wildman–Crippen MR) is 96.2 cm³/mol. The van der Waals surface area contributed by atoms with Gasteiger partial charge in [0.25, 0.3) is 0 Å². The van der Waals surface area contributed by atoms with Crippen LogP contribution in [0.1, 0.15) is 24.5 Å². The van der Waals surface area contributed by atoms with Crippen molar-refractivity contribution in [3.8, 4) is 0 Å². The summed E-state index contributed by atoms with van der Waals surface area (Å²) < 4.78 is 0. The molecule has 1 amide bonds. The Morgan fingerprint density at radius 1 is 1.04 bits per heavy atom. The van der Waals surface area contributed by atoms with Crippen molar-refractivity contribution in [2.45, 2.75) is 31.7 Å². The molecule has 1 saturated heterocycles. The molecule has 130 valence electrons. The first-order valence-electron chi connectivity index (χ1n) is 8.68. The number of β-lactam (4-membered cyclic amide) rings is 1. The zero-order valence-electron chi connectivity index (χ0n) is 14.4. The number of benzene rings is 2. The predicted octanol–water partition coefficient (Wildman–Crippen LogP) is 3.16. The number of rotatable bonds is 7. The van der Waals surface area contributed by atoms with Crippen LogP contribution >= 0.6 is 0 Å². The zero-order chi connectivity index (χ0) is 17.9. The Bertz CT molecular complexity index is 744. The highest BCUT2D eigenvalue weighted by atomic mass is 16.4. The Morgan fingerprint density at radius 3 is 2.16 bits per heavy atom. The lowest BCUT2D eigenvalue weighted by Crippen LogP contribution is -2.74. The molecule has 4 nitrogen and oxygen atoms in total. The fraction of sp³-hybridized carbons (Fsp3) is 0.333. The molecule has 0 bridgehead atoms. The maximum absolute atomic E-state index is 12.4. The van der Waals surface area contributed by atoms with Gasteiger partial charge in [-0.3, -0.25) is 4.79 Å². The molecule has 4 heteroatoms. The van der Waals surface area contributed by atoms with Crippen LogP contribution in [-0.4, -0.2) is 34.0 Å². The first-order chi connectivity index (χ1) is 12.1. The van der Waals surface area contributed by atoms with Gasteiger partial charge in [-0.05, 0) is 24.0 Å². The topological polar surface area (TPSA) is 57.6 Å². The summed E-state index contributed by atoms with van der Waals surface area (Å²) in [5.74, 6) is -1.48. The summed E-state index contributed by atoms with van der Waals surface area (Å²) in [6.07, 6.45) is 1.94. The first-order valence-corrected chi connectivity index (χ1v) is 8.68. The molecule has 1 heterocycles. The van der Waals surface area contributed by atoms with Crippen molar-refractivity contribution in [1.82, 2.24) is 4.90 Å². The van der Waals surface area contributed by atoms with Gasteiger partial charge in [-0.25, -0.2) is 4.79 Å². The van der Waals surface area contributed by atoms with Crippen LogP contribution in [0, 0.1) is 5.92 Å². The minimum atomic E-state index is -1.13. The molecule has 1 aliphatic heterocycles. The smallest absolute Gasteiger partial charge is 0.330 e. The van der Waals surface area contributed by atoms with E-state index in [0.29, 0.717) is 13.0 Å². The summed E-state index contributed by atoms with van der Waals surface area (Å²) in [6.45, 7) is 2.20. The van der Waals surface area contributed by atoms with Crippen molar-refractivity contribution in [3.63, 3.8) is 0 Å². The summed E-state index contributed by atoms with van der Waals surface area (Å²) in [4.78, 5) is 26.1. The van der Waals surface area contributed by atoms with Gasteiger partial charge in [-0.15, -0.1) is 0 Å². The Hall–Kier alpha value is -2.62. The zero-order valence-corrected chi connectivity index (χ0v) is 14.4. The molecule has 0 aromatic heterocycles. The summed E-state index contributed by atoms with van der Waals surface area (Å²) in [6, 6.07) is 19.6. The van der Waals surface area contributed by atoms with Gasteiger partial charge >= 0.3 is 5.97 Å². The minimum absolute atomic E-state index is 0.0635. The van der Waals surface area contributed by atoms with Crippen LogP contribution in [0.4, 0.5) is 0 Å². The normalized spacial score (nSPS) is 22.5. The van der Waals surface area contributed by atoms with E-state index in [1.54, 1.807) is 11.8 Å². The van der Waals surface area contributed by atoms with Crippen molar-refractivity contribution in [3.05, 3.63) is 71.8 Å². The van der Waals surface area contributed by atoms with E-state index in [9.17, 15) is 14.7 Å². The average molecular weight is 337 g/mol. The fourth-order valence-electron chi connectivity index (χ4n) is 3.73. The van der Waals surface area contributed by atoms with Gasteiger partial charge in [-0.1, -0.05) is 67.6 Å². The second-order valence-electron chi connectivity index (χ2n) is 6.69. The van der Waals surface area contributed by atoms with Crippen molar-refractivity contribution in [2.24, 2.45) is 5.92 Å². The second kappa shape index (κ2) is 7.09. The maximum Gasteiger partial charge on any atom is 0.330 e. The van der Waals surface area contributed by atoms with Crippen LogP contribution in [0.25, 0.3) is 0 Å². The Morgan fingerprint density at radius 2 is 1.60 bits per heavy atom. The molecule has 2 aromatic rings. The lowest BCUT2D eigenvalue weighted by Gasteiger charge is -2.54. The van der Waals surface area contributed by atoms with Crippen LogP contribution in [0.3, 0.4) is 0 Å². The van der Waals surface area contributed by atoms with E-state index in [0.717, 1.165) is 18.4 Å². The number of hydrogen-bond donors (Lipinski definition) is 1. The lowest BCUT2D eigenvalue weighted by molar-refractivity contribution is -0.186. The average Bonchev–Trinajstić information content (AvgIpc) is 2.64. The monoisotopic (exact) mass is 337 g/mol. The minimum Gasteiger partial charge on any atom is -0.479 e. The highest BCUT2D eigenvalue weighted by molar-refractivity contribution is 6.00. The molecule has 25 heavy (non-hydrogen) atoms. The van der Waals surface area contributed by atoms with E-state index < -0.39 is 17.4 Å². The van der Waals surface area contributed by atoms with Gasteiger partial charge in [0.2, 0.25) is 5.91 Å². The molecule has 0 spiro atoms. The molecule has 0 aliphatic carbocycles. The number of carbonyl (C=O) groups is 2. The Kier molecular flexibility index (Phi) is 4.88. The summed E-state index contributed by atoms with van der Waals surface area (Å²) in [5.41, 5.74) is 1.01. The van der Waals surface area contributed by atoms with Gasteiger partial charge in [-0.2, -0.15) is 0 Å². The third-order valence-corrected chi connectivity index (χ3v) is 5.21. The van der Waals surface area contributed by atoms with E-state index in [4.69, 9.17) is 0 Å². The first kappa shape index (κ1) is 17.2. The van der Waals surface area contributed by atoms with Crippen LogP contribution in [0.15, 0.2) is 60.7 Å². The van der Waals surface area contributed by atoms with E-state index in [1.807, 2.05) is 48.5 Å². The third kappa shape index (κ3) is 3.16. The van der Waals surface area contributed by atoms with Gasteiger partial charge in [0, 0.05) is 13.0 Å². The SMILES string of the molecule is C[C@@H]1C(=O)N(CCCc2ccccc2)[C@]1(Cc1ccccc1)C(=O)O. The molecular formula is C21H23NO3. The molecule has 3 rings (SSSR count). The van der Waals surface area contributed by atoms with Crippen molar-refractivity contribution in [2.75, 3.05) is 6.54 Å². The van der Waals surface area contributed by atoms with E-state index in [1.165, 1.54) is 5.56 Å². The van der Waals surface area contributed by atoms with Gasteiger partial charge in [0.15, 0.2) is 5.54 Å². The molecule has 0 radical (unpaired) electrons. The molecule has 1 aliphatic rings. The van der Waals surface area contributed by atoms with E-state index in [-0.39, 0.29) is 5.91 Å². The summed E-state index contributed by atoms with van der Waals surface area (Å²) >= 11 is 0. The van der Waals surface area contributed by atoms with E-state index >= 15 is 0 Å². The lowest BCUT2D eigenvalue weighted by atomic mass is 9.70. The number of hydrogen-bond acceptors (Lipinski definition) is 2. The van der Waals surface area contributed by atoms with Crippen molar-refractivity contribution in [1.29, 1.82) is 0 Å². The number of aryl methyl sites for hydroxylation is 1. The van der Waals surface area contributed by atoms with Crippen LogP contribution in [0.5, 0.6) is 0 Å². The van der Waals surface area contributed by atoms with Crippen molar-refractivity contribution >= 4 is 11.9 Å². The van der Waals surface area contributed by atoms with Gasteiger partial charge < -0.3 is 10.0 Å². The second-order valence-corrected chi connectivity index (χ2v) is 6.69. The van der Waals surface area contributed by atoms with E-state index in [2.05, 4.69) is 12.1 Å². The standard InChI is InChI=1S/C21H23NO3/c1-16-19(23)22(14-8-13-17-9-4-2-5-10-17)21(16,20(24)25)15-18-11-6-3-7-12-18/h2-7,9-12,16H,8,13-15H2,1H3,(H,24,25)/t16-,21+/m1/s1. The summed E-state index contributed by atoms with van der Waals surface area (Å²) in [7, 11) is 0. The third-order valence-electron chi connectivity index (χ3n) is 5.21. The molecule has 2 aromatic carbocycles. The number of nitrogens with zero attached hydrogens (tertiary/aromatic N) is 1. The molecule has 1 fully saturated rings.